The summed E-state index contributed by atoms with van der Waals surface area (Å²) < 4.78 is 58.2. The predicted molar refractivity (Wildman–Crippen MR) is 101 cm³/mol. The molecule has 2 heterocycles. The van der Waals surface area contributed by atoms with Crippen LogP contribution in [0.15, 0.2) is 30.3 Å². The number of hydrogen-bond acceptors (Lipinski definition) is 4. The van der Waals surface area contributed by atoms with Crippen molar-refractivity contribution >= 4 is 23.5 Å². The van der Waals surface area contributed by atoms with Crippen LogP contribution in [0.3, 0.4) is 0 Å². The highest BCUT2D eigenvalue weighted by Gasteiger charge is 2.43. The van der Waals surface area contributed by atoms with Crippen LogP contribution in [0.25, 0.3) is 0 Å². The Morgan fingerprint density at radius 3 is 2.63 bits per heavy atom. The maximum atomic E-state index is 13.8. The number of anilines is 2. The minimum Gasteiger partial charge on any atom is -0.446 e. The van der Waals surface area contributed by atoms with Gasteiger partial charge in [-0.15, -0.1) is 0 Å². The highest BCUT2D eigenvalue weighted by atomic mass is 19.4. The van der Waals surface area contributed by atoms with Gasteiger partial charge in [0.2, 0.25) is 0 Å². The number of aromatic nitrogens is 1. The second-order valence-electron chi connectivity index (χ2n) is 6.84. The Labute approximate surface area is 170 Å². The monoisotopic (exact) mass is 425 g/mol. The number of cyclic esters (lactones) is 1. The smallest absolute Gasteiger partial charge is 0.416 e. The standard InChI is InChI=1S/C20H19F4N3O3/c1-4-12-8-14(5-6-15(12)21)26(3)18(28)16-10-30-19(29)27(16)17-9-13(20(22,23)24)7-11(2)25-17/h5-9,16H,4,10H2,1-3H3/t16-/m0/s1. The predicted octanol–water partition coefficient (Wildman–Crippen LogP) is 4.10. The van der Waals surface area contributed by atoms with Gasteiger partial charge in [0.1, 0.15) is 18.2 Å². The topological polar surface area (TPSA) is 62.7 Å². The summed E-state index contributed by atoms with van der Waals surface area (Å²) in [5.41, 5.74) is -0.177. The molecule has 0 radical (unpaired) electrons. The summed E-state index contributed by atoms with van der Waals surface area (Å²) in [6, 6.07) is 4.46. The molecule has 1 aliphatic rings. The number of pyridine rings is 1. The van der Waals surface area contributed by atoms with E-state index in [0.717, 1.165) is 11.0 Å². The average Bonchev–Trinajstić information content (AvgIpc) is 3.07. The number of carbonyl (C=O) groups is 2. The summed E-state index contributed by atoms with van der Waals surface area (Å²) in [6.45, 7) is 2.77. The minimum atomic E-state index is -4.65. The van der Waals surface area contributed by atoms with Gasteiger partial charge < -0.3 is 9.64 Å². The quantitative estimate of drug-likeness (QED) is 0.692. The number of benzene rings is 1. The Morgan fingerprint density at radius 1 is 1.30 bits per heavy atom. The van der Waals surface area contributed by atoms with E-state index in [1.165, 1.54) is 37.1 Å². The molecule has 3 rings (SSSR count). The maximum absolute atomic E-state index is 13.8. The Morgan fingerprint density at radius 2 is 2.00 bits per heavy atom. The molecular weight excluding hydrogens is 406 g/mol. The van der Waals surface area contributed by atoms with Crippen LogP contribution in [0, 0.1) is 12.7 Å². The summed E-state index contributed by atoms with van der Waals surface area (Å²) in [6.07, 6.45) is -5.21. The summed E-state index contributed by atoms with van der Waals surface area (Å²) in [5, 5.41) is 0. The van der Waals surface area contributed by atoms with Gasteiger partial charge in [-0.3, -0.25) is 4.79 Å². The Hall–Kier alpha value is -3.17. The van der Waals surface area contributed by atoms with Crippen LogP contribution in [0.5, 0.6) is 0 Å². The number of rotatable bonds is 4. The van der Waals surface area contributed by atoms with E-state index in [-0.39, 0.29) is 18.1 Å². The van der Waals surface area contributed by atoms with Crippen molar-refractivity contribution in [3.05, 3.63) is 53.0 Å². The first-order chi connectivity index (χ1) is 14.0. The maximum Gasteiger partial charge on any atom is 0.416 e. The molecule has 1 atom stereocenters. The van der Waals surface area contributed by atoms with E-state index in [1.54, 1.807) is 6.92 Å². The van der Waals surface area contributed by atoms with Crippen LogP contribution in [0.4, 0.5) is 33.9 Å². The molecule has 0 bridgehead atoms. The van der Waals surface area contributed by atoms with E-state index < -0.39 is 35.6 Å². The molecule has 1 aromatic carbocycles. The van der Waals surface area contributed by atoms with Crippen molar-refractivity contribution in [3.63, 3.8) is 0 Å². The van der Waals surface area contributed by atoms with Gasteiger partial charge in [-0.1, -0.05) is 6.92 Å². The number of carbonyl (C=O) groups excluding carboxylic acids is 2. The van der Waals surface area contributed by atoms with Gasteiger partial charge >= 0.3 is 12.3 Å². The van der Waals surface area contributed by atoms with Gasteiger partial charge in [-0.2, -0.15) is 13.2 Å². The zero-order valence-corrected chi connectivity index (χ0v) is 16.5. The zero-order chi connectivity index (χ0) is 22.2. The fourth-order valence-electron chi connectivity index (χ4n) is 3.19. The van der Waals surface area contributed by atoms with Crippen molar-refractivity contribution in [2.24, 2.45) is 0 Å². The molecule has 0 saturated carbocycles. The van der Waals surface area contributed by atoms with Gasteiger partial charge in [0.25, 0.3) is 5.91 Å². The first-order valence-corrected chi connectivity index (χ1v) is 9.10. The Balaban J connectivity index is 1.95. The van der Waals surface area contributed by atoms with Gasteiger partial charge in [-0.05, 0) is 49.2 Å². The molecule has 30 heavy (non-hydrogen) atoms. The molecule has 1 saturated heterocycles. The fourth-order valence-corrected chi connectivity index (χ4v) is 3.19. The lowest BCUT2D eigenvalue weighted by molar-refractivity contribution is -0.137. The number of likely N-dealkylation sites (N-methyl/N-ethyl adjacent to an activating group) is 1. The summed E-state index contributed by atoms with van der Waals surface area (Å²) in [7, 11) is 1.43. The third-order valence-corrected chi connectivity index (χ3v) is 4.80. The van der Waals surface area contributed by atoms with Crippen LogP contribution in [0.1, 0.15) is 23.7 Å². The van der Waals surface area contributed by atoms with Crippen molar-refractivity contribution in [2.45, 2.75) is 32.5 Å². The van der Waals surface area contributed by atoms with Crippen LogP contribution >= 0.6 is 0 Å². The van der Waals surface area contributed by atoms with E-state index in [0.29, 0.717) is 23.7 Å². The molecule has 2 aromatic rings. The van der Waals surface area contributed by atoms with Crippen LogP contribution < -0.4 is 9.80 Å². The second-order valence-corrected chi connectivity index (χ2v) is 6.84. The number of aryl methyl sites for hydroxylation is 2. The molecule has 160 valence electrons. The molecule has 0 unspecified atom stereocenters. The normalized spacial score (nSPS) is 16.6. The van der Waals surface area contributed by atoms with E-state index in [4.69, 9.17) is 4.74 Å². The lowest BCUT2D eigenvalue weighted by Crippen LogP contribution is -2.47. The zero-order valence-electron chi connectivity index (χ0n) is 16.5. The number of amides is 2. The first kappa shape index (κ1) is 21.5. The highest BCUT2D eigenvalue weighted by Crippen LogP contribution is 2.33. The second kappa shape index (κ2) is 7.92. The Kier molecular flexibility index (Phi) is 5.69. The van der Waals surface area contributed by atoms with E-state index >= 15 is 0 Å². The molecule has 1 fully saturated rings. The highest BCUT2D eigenvalue weighted by molar-refractivity contribution is 6.05. The molecule has 0 aliphatic carbocycles. The van der Waals surface area contributed by atoms with Crippen molar-refractivity contribution in [2.75, 3.05) is 23.5 Å². The molecule has 1 aromatic heterocycles. The lowest BCUT2D eigenvalue weighted by Gasteiger charge is -2.26. The SMILES string of the molecule is CCc1cc(N(C)C(=O)[C@@H]2COC(=O)N2c2cc(C(F)(F)F)cc(C)n2)ccc1F. The number of alkyl halides is 3. The molecule has 10 heteroatoms. The molecule has 0 spiro atoms. The van der Waals surface area contributed by atoms with Gasteiger partial charge in [-0.25, -0.2) is 19.1 Å². The number of ether oxygens (including phenoxy) is 1. The van der Waals surface area contributed by atoms with E-state index in [2.05, 4.69) is 4.98 Å². The van der Waals surface area contributed by atoms with Gasteiger partial charge in [0.15, 0.2) is 6.04 Å². The molecular formula is C20H19F4N3O3. The molecule has 1 aliphatic heterocycles. The van der Waals surface area contributed by atoms with Crippen molar-refractivity contribution < 1.29 is 31.9 Å². The van der Waals surface area contributed by atoms with Crippen LogP contribution in [-0.4, -0.2) is 36.7 Å². The third-order valence-electron chi connectivity index (χ3n) is 4.80. The Bertz CT molecular complexity index is 994. The molecule has 6 nitrogen and oxygen atoms in total. The average molecular weight is 425 g/mol. The summed E-state index contributed by atoms with van der Waals surface area (Å²) in [4.78, 5) is 31.3. The van der Waals surface area contributed by atoms with E-state index in [1.807, 2.05) is 0 Å². The molecule has 0 N–H and O–H groups in total. The van der Waals surface area contributed by atoms with Crippen molar-refractivity contribution in [3.8, 4) is 0 Å². The largest absolute Gasteiger partial charge is 0.446 e. The molecule has 2 amide bonds. The summed E-state index contributed by atoms with van der Waals surface area (Å²) >= 11 is 0. The third kappa shape index (κ3) is 4.07. The number of hydrogen-bond donors (Lipinski definition) is 0. The van der Waals surface area contributed by atoms with Gasteiger partial charge in [0, 0.05) is 18.4 Å². The lowest BCUT2D eigenvalue weighted by atomic mass is 10.1. The first-order valence-electron chi connectivity index (χ1n) is 9.10. The number of nitrogens with zero attached hydrogens (tertiary/aromatic N) is 3. The minimum absolute atomic E-state index is 0.0326. The van der Waals surface area contributed by atoms with Crippen LogP contribution in [-0.2, 0) is 22.1 Å². The van der Waals surface area contributed by atoms with Gasteiger partial charge in [0.05, 0.1) is 5.56 Å². The number of halogens is 4. The summed E-state index contributed by atoms with van der Waals surface area (Å²) in [5.74, 6) is -1.34. The van der Waals surface area contributed by atoms with Crippen LogP contribution in [0.2, 0.25) is 0 Å². The van der Waals surface area contributed by atoms with E-state index in [9.17, 15) is 27.2 Å². The van der Waals surface area contributed by atoms with Crippen molar-refractivity contribution in [1.29, 1.82) is 0 Å². The van der Waals surface area contributed by atoms with Crippen molar-refractivity contribution in [1.82, 2.24) is 4.98 Å². The fraction of sp³-hybridized carbons (Fsp3) is 0.350.